The number of hydrogen-bond acceptors (Lipinski definition) is 5. The number of carbonyl (C=O) groups is 1. The van der Waals surface area contributed by atoms with Gasteiger partial charge in [0, 0.05) is 26.3 Å². The Hall–Kier alpha value is -0.850. The van der Waals surface area contributed by atoms with E-state index in [1.54, 1.807) is 0 Å². The standard InChI is InChI=1S/C32H66N2O4/c1-5-7-9-11-13-15-17-19-21-23-27-36-29-31(30-38-32(35)33-25-26-34(3)4)37-28-24-22-20-18-16-14-12-10-8-6-2/h31H,5-30H2,1-4H3,(H,33,35). The van der Waals surface area contributed by atoms with Gasteiger partial charge in [-0.1, -0.05) is 129 Å². The average molecular weight is 543 g/mol. The minimum atomic E-state index is -0.380. The summed E-state index contributed by atoms with van der Waals surface area (Å²) in [6.07, 6.45) is 25.7. The fourth-order valence-electron chi connectivity index (χ4n) is 4.49. The first kappa shape index (κ1) is 37.1. The van der Waals surface area contributed by atoms with Gasteiger partial charge in [0.2, 0.25) is 0 Å². The highest BCUT2D eigenvalue weighted by atomic mass is 16.6. The van der Waals surface area contributed by atoms with Crippen molar-refractivity contribution >= 4 is 6.09 Å². The zero-order valence-electron chi connectivity index (χ0n) is 26.0. The zero-order chi connectivity index (χ0) is 27.9. The van der Waals surface area contributed by atoms with Crippen LogP contribution in [0.1, 0.15) is 142 Å². The molecule has 228 valence electrons. The smallest absolute Gasteiger partial charge is 0.407 e. The predicted octanol–water partition coefficient (Wildman–Crippen LogP) is 8.52. The van der Waals surface area contributed by atoms with Crippen LogP contribution in [0.25, 0.3) is 0 Å². The molecule has 1 N–H and O–H groups in total. The fraction of sp³-hybridized carbons (Fsp3) is 0.969. The molecule has 0 radical (unpaired) electrons. The zero-order valence-corrected chi connectivity index (χ0v) is 26.0. The Morgan fingerprint density at radius 1 is 0.632 bits per heavy atom. The maximum atomic E-state index is 12.0. The van der Waals surface area contributed by atoms with Crippen molar-refractivity contribution in [3.8, 4) is 0 Å². The van der Waals surface area contributed by atoms with E-state index in [1.165, 1.54) is 116 Å². The van der Waals surface area contributed by atoms with Crippen LogP contribution in [0.5, 0.6) is 0 Å². The van der Waals surface area contributed by atoms with Gasteiger partial charge < -0.3 is 24.4 Å². The van der Waals surface area contributed by atoms with E-state index in [4.69, 9.17) is 14.2 Å². The molecule has 0 aliphatic carbocycles. The molecule has 0 saturated carbocycles. The molecule has 0 aromatic rings. The molecule has 0 aliphatic rings. The van der Waals surface area contributed by atoms with Crippen molar-refractivity contribution < 1.29 is 19.0 Å². The molecule has 0 aliphatic heterocycles. The lowest BCUT2D eigenvalue weighted by atomic mass is 10.1. The summed E-state index contributed by atoms with van der Waals surface area (Å²) in [5, 5.41) is 2.80. The summed E-state index contributed by atoms with van der Waals surface area (Å²) in [7, 11) is 3.97. The maximum absolute atomic E-state index is 12.0. The van der Waals surface area contributed by atoms with Crippen LogP contribution < -0.4 is 5.32 Å². The van der Waals surface area contributed by atoms with Crippen molar-refractivity contribution in [1.82, 2.24) is 10.2 Å². The van der Waals surface area contributed by atoms with Crippen LogP contribution in [0.15, 0.2) is 0 Å². The Morgan fingerprint density at radius 3 is 1.55 bits per heavy atom. The maximum Gasteiger partial charge on any atom is 0.407 e. The van der Waals surface area contributed by atoms with Gasteiger partial charge in [-0.15, -0.1) is 0 Å². The van der Waals surface area contributed by atoms with Gasteiger partial charge in [-0.3, -0.25) is 0 Å². The van der Waals surface area contributed by atoms with E-state index in [1.807, 2.05) is 19.0 Å². The molecule has 0 aromatic carbocycles. The normalized spacial score (nSPS) is 12.2. The molecule has 1 atom stereocenters. The molecule has 0 heterocycles. The van der Waals surface area contributed by atoms with Crippen molar-refractivity contribution in [3.05, 3.63) is 0 Å². The number of carbonyl (C=O) groups excluding carboxylic acids is 1. The molecule has 1 amide bonds. The topological polar surface area (TPSA) is 60.0 Å². The molecule has 0 spiro atoms. The molecule has 1 unspecified atom stereocenters. The van der Waals surface area contributed by atoms with Crippen LogP contribution in [-0.4, -0.2) is 70.7 Å². The molecule has 0 aromatic heterocycles. The summed E-state index contributed by atoms with van der Waals surface area (Å²) in [5.41, 5.74) is 0. The van der Waals surface area contributed by atoms with Crippen LogP contribution in [0.4, 0.5) is 4.79 Å². The molecule has 6 nitrogen and oxygen atoms in total. The van der Waals surface area contributed by atoms with Crippen LogP contribution in [0.2, 0.25) is 0 Å². The first-order chi connectivity index (χ1) is 18.6. The summed E-state index contributed by atoms with van der Waals surface area (Å²) in [6.45, 7) is 8.08. The SMILES string of the molecule is CCCCCCCCCCCCOCC(COC(=O)NCCN(C)C)OCCCCCCCCCCCC. The van der Waals surface area contributed by atoms with E-state index in [-0.39, 0.29) is 18.8 Å². The van der Waals surface area contributed by atoms with E-state index in [2.05, 4.69) is 19.2 Å². The number of nitrogens with zero attached hydrogens (tertiary/aromatic N) is 1. The third-order valence-corrected chi connectivity index (χ3v) is 7.03. The van der Waals surface area contributed by atoms with E-state index in [0.29, 0.717) is 19.8 Å². The average Bonchev–Trinajstić information content (AvgIpc) is 2.90. The Morgan fingerprint density at radius 2 is 1.08 bits per heavy atom. The largest absolute Gasteiger partial charge is 0.447 e. The van der Waals surface area contributed by atoms with Gasteiger partial charge in [-0.2, -0.15) is 0 Å². The quantitative estimate of drug-likeness (QED) is 0.0922. The fourth-order valence-corrected chi connectivity index (χ4v) is 4.49. The second-order valence-electron chi connectivity index (χ2n) is 11.3. The number of alkyl carbamates (subject to hydrolysis) is 1. The van der Waals surface area contributed by atoms with Gasteiger partial charge in [-0.05, 0) is 26.9 Å². The summed E-state index contributed by atoms with van der Waals surface area (Å²) >= 11 is 0. The predicted molar refractivity (Wildman–Crippen MR) is 162 cm³/mol. The third kappa shape index (κ3) is 29.7. The van der Waals surface area contributed by atoms with Gasteiger partial charge in [0.15, 0.2) is 0 Å². The summed E-state index contributed by atoms with van der Waals surface area (Å²) in [4.78, 5) is 14.0. The third-order valence-electron chi connectivity index (χ3n) is 7.03. The van der Waals surface area contributed by atoms with Crippen LogP contribution >= 0.6 is 0 Å². The number of hydrogen-bond donors (Lipinski definition) is 1. The van der Waals surface area contributed by atoms with Gasteiger partial charge in [0.25, 0.3) is 0 Å². The highest BCUT2D eigenvalue weighted by Crippen LogP contribution is 2.12. The van der Waals surface area contributed by atoms with E-state index < -0.39 is 0 Å². The number of ether oxygens (including phenoxy) is 3. The minimum Gasteiger partial charge on any atom is -0.447 e. The number of unbranched alkanes of at least 4 members (excludes halogenated alkanes) is 18. The monoisotopic (exact) mass is 543 g/mol. The number of rotatable bonds is 30. The minimum absolute atomic E-state index is 0.198. The van der Waals surface area contributed by atoms with E-state index in [0.717, 1.165) is 26.0 Å². The number of amides is 1. The summed E-state index contributed by atoms with van der Waals surface area (Å²) < 4.78 is 17.4. The lowest BCUT2D eigenvalue weighted by Crippen LogP contribution is -2.35. The highest BCUT2D eigenvalue weighted by molar-refractivity contribution is 5.67. The molecule has 0 saturated heterocycles. The molecular formula is C32H66N2O4. The molecule has 0 bridgehead atoms. The van der Waals surface area contributed by atoms with Gasteiger partial charge >= 0.3 is 6.09 Å². The molecule has 38 heavy (non-hydrogen) atoms. The second-order valence-corrected chi connectivity index (χ2v) is 11.3. The van der Waals surface area contributed by atoms with Crippen LogP contribution in [0, 0.1) is 0 Å². The lowest BCUT2D eigenvalue weighted by Gasteiger charge is -2.19. The Bertz CT molecular complexity index is 476. The molecule has 0 fully saturated rings. The molecule has 6 heteroatoms. The van der Waals surface area contributed by atoms with Crippen LogP contribution in [0.3, 0.4) is 0 Å². The Balaban J connectivity index is 3.97. The Labute approximate surface area is 237 Å². The molecule has 0 rings (SSSR count). The van der Waals surface area contributed by atoms with Crippen molar-refractivity contribution in [1.29, 1.82) is 0 Å². The Kier molecular flexibility index (Phi) is 30.0. The van der Waals surface area contributed by atoms with Crippen molar-refractivity contribution in [2.45, 2.75) is 148 Å². The van der Waals surface area contributed by atoms with Crippen molar-refractivity contribution in [2.75, 3.05) is 53.6 Å². The second kappa shape index (κ2) is 30.7. The number of nitrogens with one attached hydrogen (secondary N) is 1. The van der Waals surface area contributed by atoms with Gasteiger partial charge in [0.05, 0.1) is 6.61 Å². The van der Waals surface area contributed by atoms with Crippen molar-refractivity contribution in [2.24, 2.45) is 0 Å². The van der Waals surface area contributed by atoms with E-state index >= 15 is 0 Å². The van der Waals surface area contributed by atoms with Crippen LogP contribution in [-0.2, 0) is 14.2 Å². The summed E-state index contributed by atoms with van der Waals surface area (Å²) in [6, 6.07) is 0. The van der Waals surface area contributed by atoms with Gasteiger partial charge in [0.1, 0.15) is 12.7 Å². The summed E-state index contributed by atoms with van der Waals surface area (Å²) in [5.74, 6) is 0. The van der Waals surface area contributed by atoms with E-state index in [9.17, 15) is 4.79 Å². The first-order valence-electron chi connectivity index (χ1n) is 16.3. The molecular weight excluding hydrogens is 476 g/mol. The lowest BCUT2D eigenvalue weighted by molar-refractivity contribution is -0.0468. The van der Waals surface area contributed by atoms with Crippen molar-refractivity contribution in [3.63, 3.8) is 0 Å². The first-order valence-corrected chi connectivity index (χ1v) is 16.3. The highest BCUT2D eigenvalue weighted by Gasteiger charge is 2.13. The van der Waals surface area contributed by atoms with Gasteiger partial charge in [-0.25, -0.2) is 4.79 Å². The number of likely N-dealkylation sites (N-methyl/N-ethyl adjacent to an activating group) is 1.